The van der Waals surface area contributed by atoms with Gasteiger partial charge in [-0.1, -0.05) is 53.0 Å². The van der Waals surface area contributed by atoms with Crippen LogP contribution in [0.1, 0.15) is 11.1 Å². The van der Waals surface area contributed by atoms with Gasteiger partial charge in [0.25, 0.3) is 0 Å². The predicted octanol–water partition coefficient (Wildman–Crippen LogP) is 4.21. The van der Waals surface area contributed by atoms with Crippen LogP contribution in [0.5, 0.6) is 5.75 Å². The lowest BCUT2D eigenvalue weighted by Gasteiger charge is -2.09. The Morgan fingerprint density at radius 2 is 1.85 bits per heavy atom. The Kier molecular flexibility index (Phi) is 4.58. The van der Waals surface area contributed by atoms with Crippen LogP contribution in [0.4, 0.5) is 0 Å². The third-order valence-corrected chi connectivity index (χ3v) is 4.19. The highest BCUT2D eigenvalue weighted by atomic mass is 35.5. The number of aryl methyl sites for hydroxylation is 1. The molecule has 0 aliphatic heterocycles. The summed E-state index contributed by atoms with van der Waals surface area (Å²) in [6.07, 6.45) is 0. The number of rotatable bonds is 4. The summed E-state index contributed by atoms with van der Waals surface area (Å²) < 4.78 is 29.0. The third kappa shape index (κ3) is 4.13. The van der Waals surface area contributed by atoms with E-state index in [1.54, 1.807) is 18.2 Å². The lowest BCUT2D eigenvalue weighted by molar-refractivity contribution is 0.485. The van der Waals surface area contributed by atoms with Gasteiger partial charge in [-0.25, -0.2) is 0 Å². The topological polar surface area (TPSA) is 43.4 Å². The van der Waals surface area contributed by atoms with Crippen molar-refractivity contribution in [2.24, 2.45) is 0 Å². The summed E-state index contributed by atoms with van der Waals surface area (Å²) in [5.41, 5.74) is 1.65. The van der Waals surface area contributed by atoms with Gasteiger partial charge < -0.3 is 4.18 Å². The molecule has 0 aromatic heterocycles. The molecule has 0 unspecified atom stereocenters. The molecule has 2 aromatic carbocycles. The molecule has 20 heavy (non-hydrogen) atoms. The van der Waals surface area contributed by atoms with Gasteiger partial charge in [-0.3, -0.25) is 0 Å². The zero-order valence-corrected chi connectivity index (χ0v) is 13.0. The predicted molar refractivity (Wildman–Crippen MR) is 80.9 cm³/mol. The van der Waals surface area contributed by atoms with E-state index in [9.17, 15) is 8.42 Å². The Morgan fingerprint density at radius 3 is 2.50 bits per heavy atom. The Balaban J connectivity index is 2.19. The lowest BCUT2D eigenvalue weighted by atomic mass is 10.2. The SMILES string of the molecule is Cc1cccc(CS(=O)(=O)Oc2ccc(Cl)cc2Cl)c1. The van der Waals surface area contributed by atoms with Crippen LogP contribution in [-0.4, -0.2) is 8.42 Å². The molecule has 0 N–H and O–H groups in total. The van der Waals surface area contributed by atoms with Crippen LogP contribution < -0.4 is 4.18 Å². The molecule has 0 heterocycles. The fourth-order valence-electron chi connectivity index (χ4n) is 1.72. The number of benzene rings is 2. The maximum absolute atomic E-state index is 12.0. The molecule has 0 spiro atoms. The maximum atomic E-state index is 12.0. The van der Waals surface area contributed by atoms with E-state index in [1.807, 2.05) is 13.0 Å². The molecule has 0 fully saturated rings. The minimum absolute atomic E-state index is 0.0729. The first-order valence-electron chi connectivity index (χ1n) is 5.78. The summed E-state index contributed by atoms with van der Waals surface area (Å²) >= 11 is 11.6. The minimum Gasteiger partial charge on any atom is -0.381 e. The molecule has 3 nitrogen and oxygen atoms in total. The summed E-state index contributed by atoms with van der Waals surface area (Å²) in [5, 5.41) is 0.573. The van der Waals surface area contributed by atoms with Crippen molar-refractivity contribution < 1.29 is 12.6 Å². The van der Waals surface area contributed by atoms with E-state index in [0.29, 0.717) is 10.6 Å². The van der Waals surface area contributed by atoms with Crippen molar-refractivity contribution in [1.82, 2.24) is 0 Å². The van der Waals surface area contributed by atoms with Gasteiger partial charge in [0, 0.05) is 5.02 Å². The molecule has 2 aromatic rings. The highest BCUT2D eigenvalue weighted by molar-refractivity contribution is 7.86. The van der Waals surface area contributed by atoms with Crippen LogP contribution in [0, 0.1) is 6.92 Å². The Hall–Kier alpha value is -1.23. The molecule has 0 saturated carbocycles. The summed E-state index contributed by atoms with van der Waals surface area (Å²) in [6, 6.07) is 11.6. The van der Waals surface area contributed by atoms with Crippen molar-refractivity contribution >= 4 is 33.3 Å². The molecule has 0 saturated heterocycles. The van der Waals surface area contributed by atoms with Gasteiger partial charge in [0.2, 0.25) is 0 Å². The van der Waals surface area contributed by atoms with Gasteiger partial charge in [-0.05, 0) is 30.7 Å². The monoisotopic (exact) mass is 330 g/mol. The van der Waals surface area contributed by atoms with Gasteiger partial charge in [0.05, 0.1) is 5.02 Å². The zero-order chi connectivity index (χ0) is 14.8. The average Bonchev–Trinajstić information content (AvgIpc) is 2.32. The molecule has 0 aliphatic carbocycles. The Labute approximate surface area is 128 Å². The average molecular weight is 331 g/mol. The van der Waals surface area contributed by atoms with Crippen LogP contribution in [-0.2, 0) is 15.9 Å². The van der Waals surface area contributed by atoms with Gasteiger partial charge >= 0.3 is 10.1 Å². The smallest absolute Gasteiger partial charge is 0.313 e. The molecule has 2 rings (SSSR count). The van der Waals surface area contributed by atoms with Gasteiger partial charge in [0.15, 0.2) is 5.75 Å². The second-order valence-corrected chi connectivity index (χ2v) is 6.76. The first kappa shape index (κ1) is 15.2. The van der Waals surface area contributed by atoms with E-state index in [-0.39, 0.29) is 16.5 Å². The fourth-order valence-corrected chi connectivity index (χ4v) is 3.27. The third-order valence-electron chi connectivity index (χ3n) is 2.54. The van der Waals surface area contributed by atoms with Gasteiger partial charge in [0.1, 0.15) is 5.75 Å². The van der Waals surface area contributed by atoms with E-state index in [0.717, 1.165) is 5.56 Å². The summed E-state index contributed by atoms with van der Waals surface area (Å²) in [5.74, 6) is -0.142. The second kappa shape index (κ2) is 6.04. The molecule has 106 valence electrons. The highest BCUT2D eigenvalue weighted by Gasteiger charge is 2.16. The maximum Gasteiger partial charge on any atom is 0.313 e. The largest absolute Gasteiger partial charge is 0.381 e. The highest BCUT2D eigenvalue weighted by Crippen LogP contribution is 2.29. The van der Waals surface area contributed by atoms with Crippen LogP contribution in [0.3, 0.4) is 0 Å². The number of hydrogen-bond donors (Lipinski definition) is 0. The van der Waals surface area contributed by atoms with Crippen molar-refractivity contribution in [3.05, 3.63) is 63.6 Å². The standard InChI is InChI=1S/C14H12Cl2O3S/c1-10-3-2-4-11(7-10)9-20(17,18)19-14-6-5-12(15)8-13(14)16/h2-8H,9H2,1H3. The van der Waals surface area contributed by atoms with E-state index in [1.165, 1.54) is 18.2 Å². The zero-order valence-electron chi connectivity index (χ0n) is 10.6. The van der Waals surface area contributed by atoms with E-state index in [4.69, 9.17) is 27.4 Å². The molecular formula is C14H12Cl2O3S. The van der Waals surface area contributed by atoms with E-state index < -0.39 is 10.1 Å². The fraction of sp³-hybridized carbons (Fsp3) is 0.143. The quantitative estimate of drug-likeness (QED) is 0.788. The molecule has 0 bridgehead atoms. The molecule has 0 radical (unpaired) electrons. The van der Waals surface area contributed by atoms with Crippen molar-refractivity contribution in [3.63, 3.8) is 0 Å². The molecule has 0 atom stereocenters. The molecule has 6 heteroatoms. The number of hydrogen-bond acceptors (Lipinski definition) is 3. The van der Waals surface area contributed by atoms with Crippen molar-refractivity contribution in [2.75, 3.05) is 0 Å². The Bertz CT molecular complexity index is 727. The second-order valence-electron chi connectivity index (χ2n) is 4.35. The van der Waals surface area contributed by atoms with Crippen molar-refractivity contribution in [3.8, 4) is 5.75 Å². The lowest BCUT2D eigenvalue weighted by Crippen LogP contribution is -2.12. The molecule has 0 amide bonds. The van der Waals surface area contributed by atoms with Crippen LogP contribution in [0.2, 0.25) is 10.0 Å². The molecule has 0 aliphatic rings. The van der Waals surface area contributed by atoms with Gasteiger partial charge in [-0.15, -0.1) is 0 Å². The van der Waals surface area contributed by atoms with E-state index in [2.05, 4.69) is 0 Å². The van der Waals surface area contributed by atoms with Crippen molar-refractivity contribution in [2.45, 2.75) is 12.7 Å². The van der Waals surface area contributed by atoms with Crippen LogP contribution >= 0.6 is 23.2 Å². The van der Waals surface area contributed by atoms with Crippen LogP contribution in [0.15, 0.2) is 42.5 Å². The summed E-state index contributed by atoms with van der Waals surface area (Å²) in [7, 11) is -3.77. The first-order chi connectivity index (χ1) is 9.35. The number of halogens is 2. The van der Waals surface area contributed by atoms with E-state index >= 15 is 0 Å². The van der Waals surface area contributed by atoms with Crippen molar-refractivity contribution in [1.29, 1.82) is 0 Å². The minimum atomic E-state index is -3.77. The van der Waals surface area contributed by atoms with Crippen LogP contribution in [0.25, 0.3) is 0 Å². The summed E-state index contributed by atoms with van der Waals surface area (Å²) in [4.78, 5) is 0. The van der Waals surface area contributed by atoms with Gasteiger partial charge in [-0.2, -0.15) is 8.42 Å². The summed E-state index contributed by atoms with van der Waals surface area (Å²) in [6.45, 7) is 1.90. The normalized spacial score (nSPS) is 11.3. The Morgan fingerprint density at radius 1 is 1.10 bits per heavy atom. The first-order valence-corrected chi connectivity index (χ1v) is 8.12. The molecular weight excluding hydrogens is 319 g/mol.